The van der Waals surface area contributed by atoms with Crippen molar-refractivity contribution in [3.63, 3.8) is 0 Å². The van der Waals surface area contributed by atoms with Crippen molar-refractivity contribution < 1.29 is 15.1 Å². The molecule has 136 valence electrons. The fourth-order valence-corrected chi connectivity index (χ4v) is 7.31. The Kier molecular flexibility index (Phi) is 3.49. The molecule has 1 aliphatic heterocycles. The minimum atomic E-state index is -0.719. The predicted octanol–water partition coefficient (Wildman–Crippen LogP) is 4.03. The normalized spacial score (nSPS) is 52.8. The molecular weight excluding hydrogens is 314 g/mol. The number of allylic oxidation sites excluding steroid dienone is 2. The predicted molar refractivity (Wildman–Crippen MR) is 95.3 cm³/mol. The SMILES string of the molecule is C[C@]12CCC3C(CCC4=C/C(=N/O)CC[C@@H]43)C1CC[C@@]21C=CC(O)O1. The Morgan fingerprint density at radius 3 is 2.76 bits per heavy atom. The van der Waals surface area contributed by atoms with Gasteiger partial charge in [0, 0.05) is 5.41 Å². The van der Waals surface area contributed by atoms with Crippen molar-refractivity contribution in [1.82, 2.24) is 0 Å². The van der Waals surface area contributed by atoms with Crippen molar-refractivity contribution in [2.75, 3.05) is 0 Å². The molecule has 5 rings (SSSR count). The molecule has 0 saturated heterocycles. The molecule has 4 heteroatoms. The number of fused-ring (bicyclic) bond motifs is 6. The van der Waals surface area contributed by atoms with Crippen molar-refractivity contribution in [2.45, 2.75) is 70.2 Å². The van der Waals surface area contributed by atoms with Gasteiger partial charge in [0.15, 0.2) is 6.29 Å². The summed E-state index contributed by atoms with van der Waals surface area (Å²) in [5, 5.41) is 22.5. The molecule has 0 amide bonds. The van der Waals surface area contributed by atoms with Gasteiger partial charge in [-0.1, -0.05) is 23.7 Å². The van der Waals surface area contributed by atoms with Gasteiger partial charge in [0.25, 0.3) is 0 Å². The summed E-state index contributed by atoms with van der Waals surface area (Å²) >= 11 is 0. The molecular formula is C21H29NO3. The Balaban J connectivity index is 1.44. The van der Waals surface area contributed by atoms with Gasteiger partial charge in [0.1, 0.15) is 0 Å². The maximum atomic E-state index is 9.95. The Morgan fingerprint density at radius 2 is 2.00 bits per heavy atom. The van der Waals surface area contributed by atoms with E-state index < -0.39 is 6.29 Å². The minimum Gasteiger partial charge on any atom is -0.411 e. The first-order valence-electron chi connectivity index (χ1n) is 10.0. The molecule has 1 heterocycles. The van der Waals surface area contributed by atoms with Crippen LogP contribution in [0.5, 0.6) is 0 Å². The first-order chi connectivity index (χ1) is 12.1. The van der Waals surface area contributed by atoms with Gasteiger partial charge < -0.3 is 15.1 Å². The zero-order valence-electron chi connectivity index (χ0n) is 15.0. The molecule has 25 heavy (non-hydrogen) atoms. The van der Waals surface area contributed by atoms with E-state index in [4.69, 9.17) is 9.94 Å². The summed E-state index contributed by atoms with van der Waals surface area (Å²) in [5.41, 5.74) is 2.32. The number of oxime groups is 1. The quantitative estimate of drug-likeness (QED) is 0.396. The van der Waals surface area contributed by atoms with E-state index in [0.717, 1.165) is 43.2 Å². The van der Waals surface area contributed by atoms with Crippen LogP contribution in [0.4, 0.5) is 0 Å². The zero-order valence-corrected chi connectivity index (χ0v) is 15.0. The van der Waals surface area contributed by atoms with Gasteiger partial charge in [-0.25, -0.2) is 0 Å². The van der Waals surface area contributed by atoms with E-state index in [-0.39, 0.29) is 11.0 Å². The highest BCUT2D eigenvalue weighted by atomic mass is 16.6. The third-order valence-electron chi connectivity index (χ3n) is 8.49. The monoisotopic (exact) mass is 343 g/mol. The molecule has 1 spiro atoms. The standard InChI is InChI=1S/C21H29NO3/c1-20-9-6-16-15-5-3-14(22-24)12-13(15)2-4-17(16)18(20)7-10-21(20)11-8-19(23)25-21/h8,11-12,15-19,23-24H,2-7,9-10H2,1H3/b22-14+/t15-,16?,17?,18?,19?,20-,21+/m0/s1. The number of aliphatic hydroxyl groups is 1. The van der Waals surface area contributed by atoms with Crippen molar-refractivity contribution in [2.24, 2.45) is 34.2 Å². The third-order valence-corrected chi connectivity index (χ3v) is 8.49. The number of aliphatic hydroxyl groups excluding tert-OH is 1. The summed E-state index contributed by atoms with van der Waals surface area (Å²) in [7, 11) is 0. The maximum Gasteiger partial charge on any atom is 0.175 e. The van der Waals surface area contributed by atoms with Crippen LogP contribution in [0.25, 0.3) is 0 Å². The van der Waals surface area contributed by atoms with E-state index in [1.165, 1.54) is 31.3 Å². The van der Waals surface area contributed by atoms with Crippen LogP contribution in [-0.4, -0.2) is 27.9 Å². The fraction of sp³-hybridized carbons (Fsp3) is 0.762. The van der Waals surface area contributed by atoms with Crippen LogP contribution in [0.1, 0.15) is 58.3 Å². The lowest BCUT2D eigenvalue weighted by molar-refractivity contribution is -0.180. The van der Waals surface area contributed by atoms with Crippen LogP contribution < -0.4 is 0 Å². The largest absolute Gasteiger partial charge is 0.411 e. The molecule has 5 aliphatic rings. The molecule has 3 saturated carbocycles. The highest BCUT2D eigenvalue weighted by Crippen LogP contribution is 2.66. The first kappa shape index (κ1) is 16.1. The molecule has 4 nitrogen and oxygen atoms in total. The van der Waals surface area contributed by atoms with Crippen molar-refractivity contribution >= 4 is 5.71 Å². The number of hydrogen-bond donors (Lipinski definition) is 2. The zero-order chi connectivity index (χ0) is 17.2. The molecule has 7 atom stereocenters. The summed E-state index contributed by atoms with van der Waals surface area (Å²) < 4.78 is 6.09. The van der Waals surface area contributed by atoms with Crippen LogP contribution in [-0.2, 0) is 4.74 Å². The van der Waals surface area contributed by atoms with Crippen LogP contribution in [0.15, 0.2) is 29.0 Å². The second-order valence-corrected chi connectivity index (χ2v) is 9.18. The Morgan fingerprint density at radius 1 is 1.12 bits per heavy atom. The molecule has 4 unspecified atom stereocenters. The summed E-state index contributed by atoms with van der Waals surface area (Å²) in [4.78, 5) is 0. The summed E-state index contributed by atoms with van der Waals surface area (Å²) in [6.07, 6.45) is 14.7. The lowest BCUT2D eigenvalue weighted by Gasteiger charge is -2.55. The van der Waals surface area contributed by atoms with E-state index in [9.17, 15) is 5.11 Å². The minimum absolute atomic E-state index is 0.162. The fourth-order valence-electron chi connectivity index (χ4n) is 7.31. The summed E-state index contributed by atoms with van der Waals surface area (Å²) in [5.74, 6) is 2.96. The Labute approximate surface area is 149 Å². The Bertz CT molecular complexity index is 668. The van der Waals surface area contributed by atoms with Gasteiger partial charge in [0.05, 0.1) is 11.3 Å². The van der Waals surface area contributed by atoms with E-state index in [0.29, 0.717) is 11.8 Å². The average Bonchev–Trinajstić information content (AvgIpc) is 3.15. The summed E-state index contributed by atoms with van der Waals surface area (Å²) in [6.45, 7) is 2.42. The van der Waals surface area contributed by atoms with Crippen LogP contribution in [0, 0.1) is 29.1 Å². The molecule has 3 fully saturated rings. The molecule has 0 aromatic rings. The lowest BCUT2D eigenvalue weighted by Crippen LogP contribution is -2.52. The molecule has 0 aromatic heterocycles. The Hall–Kier alpha value is -1.13. The van der Waals surface area contributed by atoms with Crippen LogP contribution in [0.2, 0.25) is 0 Å². The van der Waals surface area contributed by atoms with Gasteiger partial charge in [-0.2, -0.15) is 0 Å². The van der Waals surface area contributed by atoms with Gasteiger partial charge in [-0.15, -0.1) is 0 Å². The lowest BCUT2D eigenvalue weighted by atomic mass is 9.50. The number of rotatable bonds is 0. The van der Waals surface area contributed by atoms with Crippen molar-refractivity contribution in [3.05, 3.63) is 23.8 Å². The van der Waals surface area contributed by atoms with E-state index in [2.05, 4.69) is 24.2 Å². The van der Waals surface area contributed by atoms with Gasteiger partial charge in [-0.05, 0) is 87.2 Å². The van der Waals surface area contributed by atoms with E-state index >= 15 is 0 Å². The van der Waals surface area contributed by atoms with Crippen LogP contribution >= 0.6 is 0 Å². The van der Waals surface area contributed by atoms with Crippen molar-refractivity contribution in [1.29, 1.82) is 0 Å². The third kappa shape index (κ3) is 2.10. The number of hydrogen-bond acceptors (Lipinski definition) is 4. The second kappa shape index (κ2) is 5.43. The molecule has 4 aliphatic carbocycles. The molecule has 0 bridgehead atoms. The summed E-state index contributed by atoms with van der Waals surface area (Å²) in [6, 6.07) is 0. The van der Waals surface area contributed by atoms with Gasteiger partial charge in [-0.3, -0.25) is 0 Å². The molecule has 0 aromatic carbocycles. The van der Waals surface area contributed by atoms with E-state index in [1.54, 1.807) is 0 Å². The molecule has 0 radical (unpaired) electrons. The highest BCUT2D eigenvalue weighted by Gasteiger charge is 2.63. The topological polar surface area (TPSA) is 62.1 Å². The van der Waals surface area contributed by atoms with E-state index in [1.807, 2.05) is 6.08 Å². The first-order valence-corrected chi connectivity index (χ1v) is 10.0. The average molecular weight is 343 g/mol. The van der Waals surface area contributed by atoms with Crippen molar-refractivity contribution in [3.8, 4) is 0 Å². The number of ether oxygens (including phenoxy) is 1. The van der Waals surface area contributed by atoms with Gasteiger partial charge >= 0.3 is 0 Å². The van der Waals surface area contributed by atoms with Crippen LogP contribution in [0.3, 0.4) is 0 Å². The second-order valence-electron chi connectivity index (χ2n) is 9.18. The highest BCUT2D eigenvalue weighted by molar-refractivity contribution is 5.96. The molecule has 2 N–H and O–H groups in total. The van der Waals surface area contributed by atoms with Gasteiger partial charge in [0.2, 0.25) is 0 Å². The maximum absolute atomic E-state index is 9.95. The smallest absolute Gasteiger partial charge is 0.175 e. The number of nitrogens with zero attached hydrogens (tertiary/aromatic N) is 1.